The molecule has 35 heavy (non-hydrogen) atoms. The number of unbranched alkanes of at least 4 members (excludes halogenated alkanes) is 3. The highest BCUT2D eigenvalue weighted by Crippen LogP contribution is 2.17. The van der Waals surface area contributed by atoms with Gasteiger partial charge in [0, 0.05) is 41.3 Å². The van der Waals surface area contributed by atoms with Crippen molar-refractivity contribution in [2.24, 2.45) is 0 Å². The lowest BCUT2D eigenvalue weighted by atomic mass is 10.0. The van der Waals surface area contributed by atoms with Crippen LogP contribution in [0.2, 0.25) is 0 Å². The van der Waals surface area contributed by atoms with Crippen LogP contribution in [0.25, 0.3) is 23.9 Å². The number of aromatic nitrogens is 3. The number of anilines is 1. The van der Waals surface area contributed by atoms with Crippen LogP contribution in [0.4, 0.5) is 5.95 Å². The van der Waals surface area contributed by atoms with Crippen molar-refractivity contribution in [2.45, 2.75) is 66.7 Å². The van der Waals surface area contributed by atoms with E-state index in [-0.39, 0.29) is 11.7 Å². The highest BCUT2D eigenvalue weighted by molar-refractivity contribution is 5.77. The molecule has 6 nitrogen and oxygen atoms in total. The maximum atomic E-state index is 11.4. The quantitative estimate of drug-likeness (QED) is 0.354. The highest BCUT2D eigenvalue weighted by Gasteiger charge is 2.09. The van der Waals surface area contributed by atoms with Gasteiger partial charge in [-0.1, -0.05) is 71.8 Å². The number of H-pyrrole nitrogens is 1. The Morgan fingerprint density at radius 1 is 1.17 bits per heavy atom. The fourth-order valence-corrected chi connectivity index (χ4v) is 3.56. The largest absolute Gasteiger partial charge is 0.373 e. The summed E-state index contributed by atoms with van der Waals surface area (Å²) in [5.74, 6) is 0.347. The normalized spacial score (nSPS) is 12.2. The molecule has 0 aromatic carbocycles. The van der Waals surface area contributed by atoms with Crippen LogP contribution < -0.4 is 16.3 Å². The van der Waals surface area contributed by atoms with Crippen molar-refractivity contribution in [3.8, 4) is 11.3 Å². The molecular weight excluding hydrogens is 434 g/mol. The summed E-state index contributed by atoms with van der Waals surface area (Å²) in [7, 11) is 1.86. The Kier molecular flexibility index (Phi) is 13.1. The topological polar surface area (TPSA) is 87.9 Å². The summed E-state index contributed by atoms with van der Waals surface area (Å²) in [5.41, 5.74) is 10.3. The molecule has 0 radical (unpaired) electrons. The Bertz CT molecular complexity index is 1140. The first kappa shape index (κ1) is 29.6. The van der Waals surface area contributed by atoms with Crippen molar-refractivity contribution in [1.82, 2.24) is 19.9 Å². The van der Waals surface area contributed by atoms with Crippen molar-refractivity contribution in [3.63, 3.8) is 0 Å². The number of rotatable bonds is 11. The molecule has 0 aliphatic carbocycles. The van der Waals surface area contributed by atoms with Gasteiger partial charge in [0.1, 0.15) is 5.78 Å². The lowest BCUT2D eigenvalue weighted by Gasteiger charge is -2.14. The van der Waals surface area contributed by atoms with Gasteiger partial charge in [0.15, 0.2) is 0 Å². The number of nitrogens with two attached hydrogens (primary N) is 1. The average Bonchev–Trinajstić information content (AvgIpc) is 3.19. The Balaban J connectivity index is 0.000000905. The number of nitrogen functional groups attached to an aromatic ring is 1. The van der Waals surface area contributed by atoms with E-state index in [0.29, 0.717) is 6.54 Å². The summed E-state index contributed by atoms with van der Waals surface area (Å²) < 4.78 is 0. The second-order valence-corrected chi connectivity index (χ2v) is 8.55. The fraction of sp³-hybridized carbons (Fsp3) is 0.414. The summed E-state index contributed by atoms with van der Waals surface area (Å²) in [6.07, 6.45) is 15.9. The summed E-state index contributed by atoms with van der Waals surface area (Å²) >= 11 is 0. The molecule has 0 aliphatic rings. The molecule has 0 spiro atoms. The molecule has 0 fully saturated rings. The van der Waals surface area contributed by atoms with E-state index in [1.165, 1.54) is 25.7 Å². The van der Waals surface area contributed by atoms with Crippen LogP contribution >= 0.6 is 0 Å². The molecule has 0 unspecified atom stereocenters. The maximum Gasteiger partial charge on any atom is 0.220 e. The van der Waals surface area contributed by atoms with Crippen LogP contribution in [0.5, 0.6) is 0 Å². The smallest absolute Gasteiger partial charge is 0.220 e. The monoisotopic (exact) mass is 477 g/mol. The van der Waals surface area contributed by atoms with E-state index in [4.69, 9.17) is 5.73 Å². The number of nitrogens with zero attached hydrogens (tertiary/aromatic N) is 3. The van der Waals surface area contributed by atoms with Gasteiger partial charge in [-0.15, -0.1) is 0 Å². The number of hydrogen-bond acceptors (Lipinski definition) is 5. The van der Waals surface area contributed by atoms with Gasteiger partial charge < -0.3 is 15.6 Å². The van der Waals surface area contributed by atoms with Crippen molar-refractivity contribution < 1.29 is 4.79 Å². The second-order valence-electron chi connectivity index (χ2n) is 8.55. The third kappa shape index (κ3) is 9.77. The van der Waals surface area contributed by atoms with Crippen LogP contribution in [0.15, 0.2) is 48.3 Å². The molecule has 0 amide bonds. The van der Waals surface area contributed by atoms with Gasteiger partial charge in [-0.3, -0.25) is 4.79 Å². The van der Waals surface area contributed by atoms with E-state index < -0.39 is 0 Å². The van der Waals surface area contributed by atoms with E-state index in [1.54, 1.807) is 13.0 Å². The number of nitrogens with one attached hydrogen (secondary N) is 1. The molecule has 0 saturated heterocycles. The highest BCUT2D eigenvalue weighted by atomic mass is 16.1. The van der Waals surface area contributed by atoms with Crippen molar-refractivity contribution in [1.29, 1.82) is 0 Å². The summed E-state index contributed by atoms with van der Waals surface area (Å²) in [6, 6.07) is 1.94. The van der Waals surface area contributed by atoms with Crippen LogP contribution in [-0.4, -0.2) is 39.2 Å². The van der Waals surface area contributed by atoms with E-state index >= 15 is 0 Å². The number of ketones is 1. The molecule has 190 valence electrons. The predicted octanol–water partition coefficient (Wildman–Crippen LogP) is 4.93. The Morgan fingerprint density at radius 3 is 2.34 bits per heavy atom. The van der Waals surface area contributed by atoms with Crippen LogP contribution in [-0.2, 0) is 11.2 Å². The number of aryl methyl sites for hydroxylation is 1. The molecule has 2 heterocycles. The van der Waals surface area contributed by atoms with Gasteiger partial charge in [-0.25, -0.2) is 9.97 Å². The number of carbonyl (C=O) groups is 1. The Morgan fingerprint density at radius 2 is 1.83 bits per heavy atom. The second kappa shape index (κ2) is 15.5. The van der Waals surface area contributed by atoms with E-state index in [2.05, 4.69) is 42.0 Å². The molecule has 0 atom stereocenters. The molecule has 0 bridgehead atoms. The third-order valence-electron chi connectivity index (χ3n) is 5.39. The molecule has 0 aliphatic heterocycles. The first-order chi connectivity index (χ1) is 16.7. The number of carbonyl (C=O) groups excluding carboxylic acids is 1. The summed E-state index contributed by atoms with van der Waals surface area (Å²) in [4.78, 5) is 25.1. The van der Waals surface area contributed by atoms with E-state index in [0.717, 1.165) is 45.1 Å². The number of Topliss-reactive ketones (excluding diaryl/α,β-unsaturated/α-hetero) is 1. The van der Waals surface area contributed by atoms with E-state index in [1.807, 2.05) is 56.4 Å². The van der Waals surface area contributed by atoms with Crippen molar-refractivity contribution >= 4 is 24.4 Å². The summed E-state index contributed by atoms with van der Waals surface area (Å²) in [6.45, 7) is 18.4. The molecule has 6 heteroatoms. The molecular formula is C29H43N5O. The molecule has 2 aromatic heterocycles. The maximum absolute atomic E-state index is 11.4. The van der Waals surface area contributed by atoms with Crippen molar-refractivity contribution in [3.05, 3.63) is 64.6 Å². The summed E-state index contributed by atoms with van der Waals surface area (Å²) in [5, 5.41) is 1.69. The first-order valence-electron chi connectivity index (χ1n) is 12.4. The standard InChI is InChI=1S/C23H29N5O.C6H14/c1-7-17(18(8-2)14-28(6)13-15(4)29)10-20-16(5)25-12-21(20)22-11-19(9-3)26-23(24)27-22;1-3-5-6-4-2/h7-8,10-12,14,25H,2,5,9,13H2,1,3-4,6H3,(H2,24,26,27);3-6H2,1-2H3/b17-7+,18-14+,20-10+;. The zero-order valence-electron chi connectivity index (χ0n) is 22.4. The number of hydrogen-bond donors (Lipinski definition) is 2. The lowest BCUT2D eigenvalue weighted by Crippen LogP contribution is -2.23. The fourth-order valence-electron chi connectivity index (χ4n) is 3.56. The number of allylic oxidation sites excluding steroid dienone is 4. The third-order valence-corrected chi connectivity index (χ3v) is 5.39. The van der Waals surface area contributed by atoms with Crippen LogP contribution in [0.3, 0.4) is 0 Å². The number of likely N-dealkylation sites (N-methyl/N-ethyl adjacent to an activating group) is 1. The SMILES string of the molecule is C=CC(=C\N(C)CC(C)=O)/C(/C=c1/c(-c2cc(CC)nc(N)n2)c[nH]c1=C)=C/C.CCCCCC. The Hall–Kier alpha value is -3.41. The minimum Gasteiger partial charge on any atom is -0.373 e. The molecule has 2 rings (SSSR count). The minimum atomic E-state index is 0.0965. The van der Waals surface area contributed by atoms with Crippen molar-refractivity contribution in [2.75, 3.05) is 19.3 Å². The molecule has 3 N–H and O–H groups in total. The molecule has 2 aromatic rings. The van der Waals surface area contributed by atoms with Gasteiger partial charge >= 0.3 is 0 Å². The minimum absolute atomic E-state index is 0.0965. The zero-order valence-corrected chi connectivity index (χ0v) is 22.4. The lowest BCUT2D eigenvalue weighted by molar-refractivity contribution is -0.117. The Labute approximate surface area is 211 Å². The van der Waals surface area contributed by atoms with Gasteiger partial charge in [0.25, 0.3) is 0 Å². The molecule has 0 saturated carbocycles. The van der Waals surface area contributed by atoms with Crippen LogP contribution in [0, 0.1) is 0 Å². The van der Waals surface area contributed by atoms with Gasteiger partial charge in [0.2, 0.25) is 5.95 Å². The zero-order chi connectivity index (χ0) is 26.4. The average molecular weight is 478 g/mol. The van der Waals surface area contributed by atoms with Gasteiger partial charge in [-0.2, -0.15) is 0 Å². The number of aromatic amines is 1. The van der Waals surface area contributed by atoms with Gasteiger partial charge in [-0.05, 0) is 43.6 Å². The van der Waals surface area contributed by atoms with Gasteiger partial charge in [0.05, 0.1) is 12.2 Å². The first-order valence-corrected chi connectivity index (χ1v) is 12.4. The van der Waals surface area contributed by atoms with Crippen LogP contribution in [0.1, 0.15) is 66.0 Å². The predicted molar refractivity (Wildman–Crippen MR) is 150 cm³/mol. The van der Waals surface area contributed by atoms with E-state index in [9.17, 15) is 4.79 Å².